The van der Waals surface area contributed by atoms with E-state index < -0.39 is 0 Å². The minimum absolute atomic E-state index is 0.244. The molecule has 3 aromatic rings. The minimum atomic E-state index is -0.244. The van der Waals surface area contributed by atoms with Gasteiger partial charge < -0.3 is 9.80 Å². The van der Waals surface area contributed by atoms with Gasteiger partial charge in [0.05, 0.1) is 11.3 Å². The maximum absolute atomic E-state index is 13.3. The molecule has 0 radical (unpaired) electrons. The van der Waals surface area contributed by atoms with Gasteiger partial charge in [0.25, 0.3) is 0 Å². The summed E-state index contributed by atoms with van der Waals surface area (Å²) >= 11 is 0. The zero-order valence-corrected chi connectivity index (χ0v) is 15.9. The molecule has 4 heteroatoms. The molecule has 1 fully saturated rings. The van der Waals surface area contributed by atoms with E-state index >= 15 is 0 Å². The molecule has 3 nitrogen and oxygen atoms in total. The first kappa shape index (κ1) is 18.1. The topological polar surface area (TPSA) is 30.3 Å². The summed E-state index contributed by atoms with van der Waals surface area (Å²) in [5.74, 6) is -0.244. The Kier molecular flexibility index (Phi) is 4.99. The number of hydrogen-bond acceptors (Lipinski definition) is 3. The fraction of sp³-hybridized carbons (Fsp3) is 0.208. The molecular formula is C24H22FN3. The number of nitriles is 1. The summed E-state index contributed by atoms with van der Waals surface area (Å²) in [6, 6.07) is 23.4. The lowest BCUT2D eigenvalue weighted by Crippen LogP contribution is -2.46. The third-order valence-corrected chi connectivity index (χ3v) is 5.35. The van der Waals surface area contributed by atoms with Crippen molar-refractivity contribution in [3.8, 4) is 17.2 Å². The fourth-order valence-corrected chi connectivity index (χ4v) is 3.82. The highest BCUT2D eigenvalue weighted by molar-refractivity contribution is 5.75. The lowest BCUT2D eigenvalue weighted by atomic mass is 9.97. The Labute approximate surface area is 165 Å². The number of nitrogens with zero attached hydrogens (tertiary/aromatic N) is 3. The Morgan fingerprint density at radius 3 is 2.11 bits per heavy atom. The van der Waals surface area contributed by atoms with Crippen LogP contribution in [-0.2, 0) is 0 Å². The van der Waals surface area contributed by atoms with Crippen LogP contribution in [0.1, 0.15) is 11.1 Å². The number of piperazine rings is 1. The SMILES string of the molecule is Cc1cc(-c2ccc(F)cc2)cc(N2CCN(c3ccccc3)CC2)c1C#N. The lowest BCUT2D eigenvalue weighted by molar-refractivity contribution is 0.628. The average Bonchev–Trinajstić information content (AvgIpc) is 2.74. The zero-order chi connectivity index (χ0) is 19.5. The van der Waals surface area contributed by atoms with Crippen LogP contribution in [0.4, 0.5) is 15.8 Å². The van der Waals surface area contributed by atoms with Crippen LogP contribution in [0.3, 0.4) is 0 Å². The van der Waals surface area contributed by atoms with Crippen LogP contribution in [0.5, 0.6) is 0 Å². The van der Waals surface area contributed by atoms with Crippen LogP contribution in [0.25, 0.3) is 11.1 Å². The molecule has 1 aliphatic heterocycles. The number of hydrogen-bond donors (Lipinski definition) is 0. The molecule has 1 heterocycles. The van der Waals surface area contributed by atoms with E-state index in [2.05, 4.69) is 46.2 Å². The van der Waals surface area contributed by atoms with Crippen molar-refractivity contribution in [3.05, 3.63) is 83.7 Å². The molecular weight excluding hydrogens is 349 g/mol. The van der Waals surface area contributed by atoms with Gasteiger partial charge in [0, 0.05) is 31.9 Å². The first-order chi connectivity index (χ1) is 13.7. The van der Waals surface area contributed by atoms with Crippen LogP contribution < -0.4 is 9.80 Å². The molecule has 0 unspecified atom stereocenters. The molecule has 0 aromatic heterocycles. The number of rotatable bonds is 3. The van der Waals surface area contributed by atoms with Crippen LogP contribution in [0, 0.1) is 24.1 Å². The van der Waals surface area contributed by atoms with Gasteiger partial charge in [-0.2, -0.15) is 5.26 Å². The zero-order valence-electron chi connectivity index (χ0n) is 15.9. The molecule has 1 saturated heterocycles. The number of aryl methyl sites for hydroxylation is 1. The second kappa shape index (κ2) is 7.74. The average molecular weight is 371 g/mol. The van der Waals surface area contributed by atoms with Crippen LogP contribution in [0.15, 0.2) is 66.7 Å². The predicted molar refractivity (Wildman–Crippen MR) is 112 cm³/mol. The van der Waals surface area contributed by atoms with Gasteiger partial charge in [0.1, 0.15) is 11.9 Å². The fourth-order valence-electron chi connectivity index (χ4n) is 3.82. The molecule has 0 aliphatic carbocycles. The maximum atomic E-state index is 13.3. The Hall–Kier alpha value is -3.32. The number of benzene rings is 3. The van der Waals surface area contributed by atoms with Crippen LogP contribution >= 0.6 is 0 Å². The summed E-state index contributed by atoms with van der Waals surface area (Å²) in [4.78, 5) is 4.66. The molecule has 4 rings (SSSR count). The van der Waals surface area contributed by atoms with E-state index in [-0.39, 0.29) is 5.82 Å². The van der Waals surface area contributed by atoms with E-state index in [1.807, 2.05) is 19.1 Å². The van der Waals surface area contributed by atoms with Crippen molar-refractivity contribution in [2.45, 2.75) is 6.92 Å². The Bertz CT molecular complexity index is 999. The summed E-state index contributed by atoms with van der Waals surface area (Å²) in [5, 5.41) is 9.72. The normalized spacial score (nSPS) is 14.0. The number of halogens is 1. The largest absolute Gasteiger partial charge is 0.368 e. The van der Waals surface area contributed by atoms with Crippen molar-refractivity contribution in [1.29, 1.82) is 5.26 Å². The summed E-state index contributed by atoms with van der Waals surface area (Å²) in [6.45, 7) is 5.50. The van der Waals surface area contributed by atoms with Gasteiger partial charge in [-0.15, -0.1) is 0 Å². The standard InChI is InChI=1S/C24H22FN3/c1-18-15-20(19-7-9-21(25)10-8-19)16-24(23(18)17-26)28-13-11-27(12-14-28)22-5-3-2-4-6-22/h2-10,15-16H,11-14H2,1H3. The molecule has 0 amide bonds. The third-order valence-electron chi connectivity index (χ3n) is 5.35. The summed E-state index contributed by atoms with van der Waals surface area (Å²) in [5.41, 5.74) is 5.84. The van der Waals surface area contributed by atoms with E-state index in [0.29, 0.717) is 0 Å². The van der Waals surface area contributed by atoms with Gasteiger partial charge in [0.15, 0.2) is 0 Å². The number of para-hydroxylation sites is 1. The molecule has 140 valence electrons. The van der Waals surface area contributed by atoms with Crippen molar-refractivity contribution in [1.82, 2.24) is 0 Å². The lowest BCUT2D eigenvalue weighted by Gasteiger charge is -2.38. The molecule has 0 bridgehead atoms. The van der Waals surface area contributed by atoms with Crippen LogP contribution in [0.2, 0.25) is 0 Å². The molecule has 0 spiro atoms. The minimum Gasteiger partial charge on any atom is -0.368 e. The quantitative estimate of drug-likeness (QED) is 0.649. The van der Waals surface area contributed by atoms with Gasteiger partial charge in [-0.1, -0.05) is 30.3 Å². The van der Waals surface area contributed by atoms with Gasteiger partial charge in [0.2, 0.25) is 0 Å². The van der Waals surface area contributed by atoms with E-state index in [9.17, 15) is 9.65 Å². The predicted octanol–water partition coefficient (Wildman–Crippen LogP) is 5.00. The van der Waals surface area contributed by atoms with E-state index in [4.69, 9.17) is 0 Å². The maximum Gasteiger partial charge on any atom is 0.123 e. The smallest absolute Gasteiger partial charge is 0.123 e. The second-order valence-electron chi connectivity index (χ2n) is 7.12. The molecule has 0 atom stereocenters. The highest BCUT2D eigenvalue weighted by Crippen LogP contribution is 2.32. The van der Waals surface area contributed by atoms with Crippen molar-refractivity contribution in [3.63, 3.8) is 0 Å². The first-order valence-electron chi connectivity index (χ1n) is 9.51. The molecule has 0 N–H and O–H groups in total. The summed E-state index contributed by atoms with van der Waals surface area (Å²) < 4.78 is 13.3. The van der Waals surface area contributed by atoms with Crippen molar-refractivity contribution < 1.29 is 4.39 Å². The van der Waals surface area contributed by atoms with Gasteiger partial charge in [-0.3, -0.25) is 0 Å². The van der Waals surface area contributed by atoms with Gasteiger partial charge in [-0.25, -0.2) is 4.39 Å². The van der Waals surface area contributed by atoms with E-state index in [0.717, 1.165) is 54.1 Å². The van der Waals surface area contributed by atoms with Crippen molar-refractivity contribution in [2.24, 2.45) is 0 Å². The van der Waals surface area contributed by atoms with Gasteiger partial charge >= 0.3 is 0 Å². The summed E-state index contributed by atoms with van der Waals surface area (Å²) in [6.07, 6.45) is 0. The van der Waals surface area contributed by atoms with E-state index in [1.165, 1.54) is 17.8 Å². The Balaban J connectivity index is 1.62. The Morgan fingerprint density at radius 1 is 0.821 bits per heavy atom. The number of anilines is 2. The molecule has 1 aliphatic rings. The summed E-state index contributed by atoms with van der Waals surface area (Å²) in [7, 11) is 0. The first-order valence-corrected chi connectivity index (χ1v) is 9.51. The molecule has 28 heavy (non-hydrogen) atoms. The van der Waals surface area contributed by atoms with Crippen molar-refractivity contribution >= 4 is 11.4 Å². The monoisotopic (exact) mass is 371 g/mol. The highest BCUT2D eigenvalue weighted by Gasteiger charge is 2.21. The van der Waals surface area contributed by atoms with E-state index in [1.54, 1.807) is 12.1 Å². The Morgan fingerprint density at radius 2 is 1.46 bits per heavy atom. The second-order valence-corrected chi connectivity index (χ2v) is 7.12. The molecule has 0 saturated carbocycles. The molecule has 3 aromatic carbocycles. The van der Waals surface area contributed by atoms with Crippen LogP contribution in [-0.4, -0.2) is 26.2 Å². The van der Waals surface area contributed by atoms with Gasteiger partial charge in [-0.05, 0) is 60.0 Å². The highest BCUT2D eigenvalue weighted by atomic mass is 19.1. The van der Waals surface area contributed by atoms with Crippen molar-refractivity contribution in [2.75, 3.05) is 36.0 Å². The third kappa shape index (κ3) is 3.57.